The van der Waals surface area contributed by atoms with Crippen molar-refractivity contribution in [1.82, 2.24) is 16.0 Å². The first-order valence-corrected chi connectivity index (χ1v) is 12.1. The summed E-state index contributed by atoms with van der Waals surface area (Å²) in [5.74, 6) is -3.74. The molecule has 39 heavy (non-hydrogen) atoms. The summed E-state index contributed by atoms with van der Waals surface area (Å²) in [6.07, 6.45) is 0.0968. The van der Waals surface area contributed by atoms with Gasteiger partial charge in [0.1, 0.15) is 17.6 Å². The predicted octanol–water partition coefficient (Wildman–Crippen LogP) is 1.98. The standard InChI is InChI=1S/C27H26ClFN4O6/c28-21-12-17(24(35)31-13-16-2-1-3-19(34)10-16)6-9-20(21)25(36)33-23(27(38)39)14-32-26(37)22(30)11-15-4-7-18(29)8-5-15/h1-10,12,22-23,34H,11,13-14,30H2,(H,31,35)(H,32,37)(H,33,36)(H,38,39)/t22-,23-/m0/s1. The molecule has 7 N–H and O–H groups in total. The molecule has 0 aliphatic carbocycles. The highest BCUT2D eigenvalue weighted by Crippen LogP contribution is 2.19. The first-order valence-electron chi connectivity index (χ1n) is 11.7. The van der Waals surface area contributed by atoms with E-state index in [-0.39, 0.29) is 34.9 Å². The van der Waals surface area contributed by atoms with Crippen LogP contribution in [0.3, 0.4) is 0 Å². The highest BCUT2D eigenvalue weighted by atomic mass is 35.5. The summed E-state index contributed by atoms with van der Waals surface area (Å²) < 4.78 is 13.0. The van der Waals surface area contributed by atoms with E-state index in [2.05, 4.69) is 16.0 Å². The Morgan fingerprint density at radius 3 is 2.28 bits per heavy atom. The molecule has 0 saturated carbocycles. The van der Waals surface area contributed by atoms with E-state index >= 15 is 0 Å². The fourth-order valence-corrected chi connectivity index (χ4v) is 3.79. The van der Waals surface area contributed by atoms with Crippen molar-refractivity contribution in [1.29, 1.82) is 0 Å². The van der Waals surface area contributed by atoms with Crippen LogP contribution in [0, 0.1) is 5.82 Å². The number of rotatable bonds is 11. The molecule has 0 fully saturated rings. The van der Waals surface area contributed by atoms with Gasteiger partial charge in [-0.2, -0.15) is 0 Å². The van der Waals surface area contributed by atoms with E-state index in [1.54, 1.807) is 12.1 Å². The molecule has 0 saturated heterocycles. The number of carboxylic acid groups (broad SMARTS) is 1. The van der Waals surface area contributed by atoms with Gasteiger partial charge in [-0.05, 0) is 60.0 Å². The van der Waals surface area contributed by atoms with Crippen molar-refractivity contribution in [3.05, 3.63) is 99.8 Å². The third kappa shape index (κ3) is 8.52. The number of carboxylic acids is 1. The van der Waals surface area contributed by atoms with Crippen molar-refractivity contribution in [2.75, 3.05) is 6.54 Å². The van der Waals surface area contributed by atoms with Gasteiger partial charge in [0, 0.05) is 18.7 Å². The average Bonchev–Trinajstić information content (AvgIpc) is 2.90. The molecule has 0 heterocycles. The zero-order chi connectivity index (χ0) is 28.5. The molecular formula is C27H26ClFN4O6. The minimum absolute atomic E-state index is 0.0623. The summed E-state index contributed by atoms with van der Waals surface area (Å²) in [5.41, 5.74) is 7.24. The van der Waals surface area contributed by atoms with Gasteiger partial charge in [-0.1, -0.05) is 35.9 Å². The van der Waals surface area contributed by atoms with Crippen molar-refractivity contribution in [2.45, 2.75) is 25.0 Å². The Bertz CT molecular complexity index is 1370. The maximum Gasteiger partial charge on any atom is 0.328 e. The highest BCUT2D eigenvalue weighted by molar-refractivity contribution is 6.34. The Kier molecular flexibility index (Phi) is 9.96. The Morgan fingerprint density at radius 1 is 0.923 bits per heavy atom. The number of phenols is 1. The normalized spacial score (nSPS) is 12.2. The van der Waals surface area contributed by atoms with Crippen LogP contribution in [0.2, 0.25) is 5.02 Å². The number of aliphatic carboxylic acids is 1. The SMILES string of the molecule is N[C@@H](Cc1ccc(F)cc1)C(=O)NC[C@H](NC(=O)c1ccc(C(=O)NCc2cccc(O)c2)cc1Cl)C(=O)O. The van der Waals surface area contributed by atoms with Crippen molar-refractivity contribution in [3.8, 4) is 5.75 Å². The van der Waals surface area contributed by atoms with Crippen LogP contribution in [0.1, 0.15) is 31.8 Å². The fraction of sp³-hybridized carbons (Fsp3) is 0.185. The maximum atomic E-state index is 13.0. The smallest absolute Gasteiger partial charge is 0.328 e. The molecule has 0 aromatic heterocycles. The number of nitrogens with one attached hydrogen (secondary N) is 3. The lowest BCUT2D eigenvalue weighted by Crippen LogP contribution is -2.51. The van der Waals surface area contributed by atoms with Crippen molar-refractivity contribution in [3.63, 3.8) is 0 Å². The van der Waals surface area contributed by atoms with E-state index in [1.807, 2.05) is 0 Å². The zero-order valence-electron chi connectivity index (χ0n) is 20.5. The Morgan fingerprint density at radius 2 is 1.64 bits per heavy atom. The second kappa shape index (κ2) is 13.4. The Hall–Kier alpha value is -4.48. The van der Waals surface area contributed by atoms with Crippen LogP contribution in [0.15, 0.2) is 66.7 Å². The van der Waals surface area contributed by atoms with E-state index in [1.165, 1.54) is 54.6 Å². The lowest BCUT2D eigenvalue weighted by atomic mass is 10.1. The molecule has 0 unspecified atom stereocenters. The van der Waals surface area contributed by atoms with Gasteiger partial charge in [0.25, 0.3) is 11.8 Å². The second-order valence-corrected chi connectivity index (χ2v) is 9.00. The largest absolute Gasteiger partial charge is 0.508 e. The van der Waals surface area contributed by atoms with Crippen LogP contribution in [0.4, 0.5) is 4.39 Å². The van der Waals surface area contributed by atoms with Crippen LogP contribution in [-0.4, -0.2) is 52.5 Å². The second-order valence-electron chi connectivity index (χ2n) is 8.59. The van der Waals surface area contributed by atoms with Crippen LogP contribution in [-0.2, 0) is 22.6 Å². The lowest BCUT2D eigenvalue weighted by Gasteiger charge is -2.18. The van der Waals surface area contributed by atoms with E-state index in [0.717, 1.165) is 0 Å². The monoisotopic (exact) mass is 556 g/mol. The van der Waals surface area contributed by atoms with E-state index in [4.69, 9.17) is 17.3 Å². The number of halogens is 2. The molecule has 0 aliphatic heterocycles. The van der Waals surface area contributed by atoms with Gasteiger partial charge in [0.15, 0.2) is 0 Å². The molecule has 10 nitrogen and oxygen atoms in total. The Labute approximate surface area is 228 Å². The first-order chi connectivity index (χ1) is 18.5. The highest BCUT2D eigenvalue weighted by Gasteiger charge is 2.24. The molecular weight excluding hydrogens is 531 g/mol. The van der Waals surface area contributed by atoms with Gasteiger partial charge in [-0.15, -0.1) is 0 Å². The van der Waals surface area contributed by atoms with E-state index in [9.17, 15) is 33.8 Å². The predicted molar refractivity (Wildman–Crippen MR) is 141 cm³/mol. The molecule has 3 aromatic rings. The summed E-state index contributed by atoms with van der Waals surface area (Å²) in [7, 11) is 0. The quantitative estimate of drug-likeness (QED) is 0.210. The summed E-state index contributed by atoms with van der Waals surface area (Å²) >= 11 is 6.19. The third-order valence-corrected chi connectivity index (χ3v) is 5.94. The summed E-state index contributed by atoms with van der Waals surface area (Å²) in [4.78, 5) is 49.2. The molecule has 3 rings (SSSR count). The van der Waals surface area contributed by atoms with Gasteiger partial charge in [0.05, 0.1) is 16.6 Å². The van der Waals surface area contributed by atoms with Crippen molar-refractivity contribution >= 4 is 35.3 Å². The number of hydrogen-bond donors (Lipinski definition) is 6. The van der Waals surface area contributed by atoms with Crippen LogP contribution >= 0.6 is 11.6 Å². The number of carbonyl (C=O) groups is 4. The third-order valence-electron chi connectivity index (χ3n) is 5.63. The van der Waals surface area contributed by atoms with Crippen LogP contribution in [0.5, 0.6) is 5.75 Å². The topological polar surface area (TPSA) is 171 Å². The Balaban J connectivity index is 1.56. The first kappa shape index (κ1) is 29.1. The molecule has 0 aliphatic rings. The average molecular weight is 557 g/mol. The molecule has 3 amide bonds. The molecule has 2 atom stereocenters. The summed E-state index contributed by atoms with van der Waals surface area (Å²) in [6, 6.07) is 13.2. The zero-order valence-corrected chi connectivity index (χ0v) is 21.2. The number of benzene rings is 3. The van der Waals surface area contributed by atoms with Gasteiger partial charge in [0.2, 0.25) is 5.91 Å². The summed E-state index contributed by atoms with van der Waals surface area (Å²) in [5, 5.41) is 26.3. The molecule has 0 radical (unpaired) electrons. The van der Waals surface area contributed by atoms with Crippen molar-refractivity contribution < 1.29 is 33.8 Å². The minimum atomic E-state index is -1.50. The number of amides is 3. The van der Waals surface area contributed by atoms with E-state index < -0.39 is 48.1 Å². The number of hydrogen-bond acceptors (Lipinski definition) is 6. The number of carbonyl (C=O) groups excluding carboxylic acids is 3. The van der Waals surface area contributed by atoms with E-state index in [0.29, 0.717) is 11.1 Å². The maximum absolute atomic E-state index is 13.0. The van der Waals surface area contributed by atoms with Gasteiger partial charge in [-0.3, -0.25) is 14.4 Å². The lowest BCUT2D eigenvalue weighted by molar-refractivity contribution is -0.139. The van der Waals surface area contributed by atoms with Crippen molar-refractivity contribution in [2.24, 2.45) is 5.73 Å². The number of nitrogens with two attached hydrogens (primary N) is 1. The van der Waals surface area contributed by atoms with Gasteiger partial charge in [-0.25, -0.2) is 9.18 Å². The number of phenolic OH excluding ortho intramolecular Hbond substituents is 1. The minimum Gasteiger partial charge on any atom is -0.508 e. The van der Waals surface area contributed by atoms with Gasteiger partial charge >= 0.3 is 5.97 Å². The van der Waals surface area contributed by atoms with Crippen LogP contribution < -0.4 is 21.7 Å². The molecule has 0 spiro atoms. The number of aromatic hydroxyl groups is 1. The molecule has 0 bridgehead atoms. The fourth-order valence-electron chi connectivity index (χ4n) is 3.53. The van der Waals surface area contributed by atoms with Gasteiger partial charge < -0.3 is 31.9 Å². The molecule has 204 valence electrons. The molecule has 3 aromatic carbocycles. The summed E-state index contributed by atoms with van der Waals surface area (Å²) in [6.45, 7) is -0.309. The molecule has 12 heteroatoms. The van der Waals surface area contributed by atoms with Crippen LogP contribution in [0.25, 0.3) is 0 Å².